The molecule has 1 aliphatic heterocycles. The molecule has 1 aliphatic rings. The summed E-state index contributed by atoms with van der Waals surface area (Å²) in [7, 11) is 0. The maximum Gasteiger partial charge on any atom is 0.411 e. The molecule has 0 aromatic rings. The molecule has 1 rings (SSSR count). The van der Waals surface area contributed by atoms with Gasteiger partial charge in [-0.3, -0.25) is 9.59 Å². The van der Waals surface area contributed by atoms with Gasteiger partial charge in [0.05, 0.1) is 13.0 Å². The van der Waals surface area contributed by atoms with Gasteiger partial charge in [0.1, 0.15) is 6.61 Å². The highest BCUT2D eigenvalue weighted by molar-refractivity contribution is 5.76. The van der Waals surface area contributed by atoms with Gasteiger partial charge in [-0.25, -0.2) is 0 Å². The summed E-state index contributed by atoms with van der Waals surface area (Å²) in [5.41, 5.74) is 0. The third-order valence-corrected chi connectivity index (χ3v) is 3.06. The van der Waals surface area contributed by atoms with Crippen LogP contribution < -0.4 is 0 Å². The fourth-order valence-electron chi connectivity index (χ4n) is 2.21. The number of halogens is 3. The molecule has 0 spiro atoms. The Labute approximate surface area is 114 Å². The Morgan fingerprint density at radius 1 is 1.35 bits per heavy atom. The lowest BCUT2D eigenvalue weighted by Crippen LogP contribution is -2.40. The first-order valence-electron chi connectivity index (χ1n) is 6.42. The minimum atomic E-state index is -4.39. The normalized spacial score (nSPS) is 19.9. The number of carboxylic acid groups (broad SMARTS) is 1. The molecule has 0 radical (unpaired) electrons. The van der Waals surface area contributed by atoms with Gasteiger partial charge in [-0.2, -0.15) is 13.2 Å². The molecule has 1 fully saturated rings. The highest BCUT2D eigenvalue weighted by Crippen LogP contribution is 2.20. The van der Waals surface area contributed by atoms with Crippen molar-refractivity contribution >= 4 is 11.9 Å². The SMILES string of the molecule is O=C(O)CC1CCCN(C(=O)CCOCC(F)(F)F)C1. The molecule has 1 N–H and O–H groups in total. The Morgan fingerprint density at radius 3 is 2.65 bits per heavy atom. The number of carbonyl (C=O) groups excluding carboxylic acids is 1. The van der Waals surface area contributed by atoms with E-state index in [9.17, 15) is 22.8 Å². The average molecular weight is 297 g/mol. The van der Waals surface area contributed by atoms with E-state index >= 15 is 0 Å². The van der Waals surface area contributed by atoms with Crippen molar-refractivity contribution in [1.29, 1.82) is 0 Å². The van der Waals surface area contributed by atoms with Crippen LogP contribution in [-0.4, -0.2) is 54.4 Å². The van der Waals surface area contributed by atoms with E-state index in [0.29, 0.717) is 19.5 Å². The number of aliphatic carboxylic acids is 1. The van der Waals surface area contributed by atoms with Gasteiger partial charge < -0.3 is 14.7 Å². The van der Waals surface area contributed by atoms with Crippen LogP contribution in [-0.2, 0) is 14.3 Å². The number of piperidine rings is 1. The molecular weight excluding hydrogens is 279 g/mol. The van der Waals surface area contributed by atoms with Gasteiger partial charge in [-0.15, -0.1) is 0 Å². The van der Waals surface area contributed by atoms with E-state index in [1.165, 1.54) is 4.90 Å². The zero-order chi connectivity index (χ0) is 15.2. The number of carboxylic acids is 1. The van der Waals surface area contributed by atoms with Crippen molar-refractivity contribution in [3.05, 3.63) is 0 Å². The molecular formula is C12H18F3NO4. The second kappa shape index (κ2) is 7.47. The zero-order valence-electron chi connectivity index (χ0n) is 11.0. The van der Waals surface area contributed by atoms with Crippen molar-refractivity contribution in [3.8, 4) is 0 Å². The second-order valence-corrected chi connectivity index (χ2v) is 4.86. The molecule has 0 bridgehead atoms. The molecule has 1 unspecified atom stereocenters. The maximum atomic E-state index is 11.8. The molecule has 20 heavy (non-hydrogen) atoms. The van der Waals surface area contributed by atoms with E-state index < -0.39 is 18.8 Å². The Bertz CT molecular complexity index is 346. The van der Waals surface area contributed by atoms with Crippen molar-refractivity contribution in [1.82, 2.24) is 4.90 Å². The number of likely N-dealkylation sites (tertiary alicyclic amines) is 1. The summed E-state index contributed by atoms with van der Waals surface area (Å²) in [6.45, 7) is -0.765. The molecule has 8 heteroatoms. The number of hydrogen-bond donors (Lipinski definition) is 1. The monoisotopic (exact) mass is 297 g/mol. The van der Waals surface area contributed by atoms with Crippen LogP contribution in [0.15, 0.2) is 0 Å². The lowest BCUT2D eigenvalue weighted by Gasteiger charge is -2.32. The first-order valence-corrected chi connectivity index (χ1v) is 6.42. The van der Waals surface area contributed by atoms with E-state index in [2.05, 4.69) is 4.74 Å². The number of carbonyl (C=O) groups is 2. The van der Waals surface area contributed by atoms with E-state index in [4.69, 9.17) is 5.11 Å². The summed E-state index contributed by atoms with van der Waals surface area (Å²) in [5, 5.41) is 8.71. The molecule has 5 nitrogen and oxygen atoms in total. The van der Waals surface area contributed by atoms with Gasteiger partial charge in [0.2, 0.25) is 5.91 Å². The summed E-state index contributed by atoms with van der Waals surface area (Å²) in [6.07, 6.45) is -3.03. The molecule has 1 amide bonds. The highest BCUT2D eigenvalue weighted by Gasteiger charge is 2.28. The van der Waals surface area contributed by atoms with Crippen LogP contribution in [0.3, 0.4) is 0 Å². The van der Waals surface area contributed by atoms with Crippen LogP contribution in [0, 0.1) is 5.92 Å². The van der Waals surface area contributed by atoms with Crippen molar-refractivity contribution in [2.45, 2.75) is 31.9 Å². The average Bonchev–Trinajstić information content (AvgIpc) is 2.32. The van der Waals surface area contributed by atoms with Crippen LogP contribution in [0.4, 0.5) is 13.2 Å². The largest absolute Gasteiger partial charge is 0.481 e. The molecule has 1 saturated heterocycles. The number of hydrogen-bond acceptors (Lipinski definition) is 3. The Hall–Kier alpha value is -1.31. The lowest BCUT2D eigenvalue weighted by atomic mass is 9.95. The molecule has 0 saturated carbocycles. The van der Waals surface area contributed by atoms with Crippen LogP contribution in [0.1, 0.15) is 25.7 Å². The summed E-state index contributed by atoms with van der Waals surface area (Å²) in [6, 6.07) is 0. The smallest absolute Gasteiger partial charge is 0.411 e. The highest BCUT2D eigenvalue weighted by atomic mass is 19.4. The summed E-state index contributed by atoms with van der Waals surface area (Å²) >= 11 is 0. The van der Waals surface area contributed by atoms with Crippen molar-refractivity contribution in [3.63, 3.8) is 0 Å². The predicted molar refractivity (Wildman–Crippen MR) is 63.0 cm³/mol. The van der Waals surface area contributed by atoms with E-state index in [-0.39, 0.29) is 31.3 Å². The molecule has 0 aliphatic carbocycles. The molecule has 116 valence electrons. The quantitative estimate of drug-likeness (QED) is 0.757. The minimum absolute atomic E-state index is 0.00829. The zero-order valence-corrected chi connectivity index (χ0v) is 11.0. The van der Waals surface area contributed by atoms with E-state index in [1.807, 2.05) is 0 Å². The Balaban J connectivity index is 2.27. The minimum Gasteiger partial charge on any atom is -0.481 e. The summed E-state index contributed by atoms with van der Waals surface area (Å²) in [5.74, 6) is -1.28. The van der Waals surface area contributed by atoms with Crippen LogP contribution in [0.2, 0.25) is 0 Å². The molecule has 1 atom stereocenters. The van der Waals surface area contributed by atoms with Crippen molar-refractivity contribution in [2.24, 2.45) is 5.92 Å². The lowest BCUT2D eigenvalue weighted by molar-refractivity contribution is -0.175. The molecule has 1 heterocycles. The van der Waals surface area contributed by atoms with Crippen LogP contribution in [0.5, 0.6) is 0 Å². The first kappa shape index (κ1) is 16.7. The fraction of sp³-hybridized carbons (Fsp3) is 0.833. The summed E-state index contributed by atoms with van der Waals surface area (Å²) < 4.78 is 39.9. The number of nitrogens with zero attached hydrogens (tertiary/aromatic N) is 1. The van der Waals surface area contributed by atoms with Gasteiger partial charge in [-0.05, 0) is 18.8 Å². The second-order valence-electron chi connectivity index (χ2n) is 4.86. The number of alkyl halides is 3. The van der Waals surface area contributed by atoms with E-state index in [1.54, 1.807) is 0 Å². The van der Waals surface area contributed by atoms with Gasteiger partial charge in [0.25, 0.3) is 0 Å². The number of ether oxygens (including phenoxy) is 1. The third-order valence-electron chi connectivity index (χ3n) is 3.06. The first-order chi connectivity index (χ1) is 9.28. The fourth-order valence-corrected chi connectivity index (χ4v) is 2.21. The molecule has 0 aromatic carbocycles. The molecule has 0 aromatic heterocycles. The number of rotatable bonds is 6. The van der Waals surface area contributed by atoms with Gasteiger partial charge in [-0.1, -0.05) is 0 Å². The Morgan fingerprint density at radius 2 is 2.05 bits per heavy atom. The standard InChI is InChI=1S/C12H18F3NO4/c13-12(14,15)8-20-5-3-10(17)16-4-1-2-9(7-16)6-11(18)19/h9H,1-8H2,(H,18,19). The number of amides is 1. The van der Waals surface area contributed by atoms with Crippen molar-refractivity contribution < 1.29 is 32.6 Å². The summed E-state index contributed by atoms with van der Waals surface area (Å²) in [4.78, 5) is 23.9. The topological polar surface area (TPSA) is 66.8 Å². The van der Waals surface area contributed by atoms with Crippen LogP contribution in [0.25, 0.3) is 0 Å². The van der Waals surface area contributed by atoms with Gasteiger partial charge >= 0.3 is 12.1 Å². The van der Waals surface area contributed by atoms with E-state index in [0.717, 1.165) is 6.42 Å². The predicted octanol–water partition coefficient (Wildman–Crippen LogP) is 1.67. The van der Waals surface area contributed by atoms with Crippen LogP contribution >= 0.6 is 0 Å². The third kappa shape index (κ3) is 6.74. The van der Waals surface area contributed by atoms with Crippen molar-refractivity contribution in [2.75, 3.05) is 26.3 Å². The Kier molecular flexibility index (Phi) is 6.25. The van der Waals surface area contributed by atoms with Gasteiger partial charge in [0, 0.05) is 19.5 Å². The maximum absolute atomic E-state index is 11.8. The van der Waals surface area contributed by atoms with Gasteiger partial charge in [0.15, 0.2) is 0 Å².